The molecule has 0 aliphatic heterocycles. The molecule has 0 atom stereocenters. The first kappa shape index (κ1) is 66.9. The molecule has 9 nitrogen and oxygen atoms in total. The van der Waals surface area contributed by atoms with E-state index in [1.54, 1.807) is 0 Å². The number of aliphatic hydroxyl groups is 2. The van der Waals surface area contributed by atoms with Crippen molar-refractivity contribution in [3.8, 4) is 67.3 Å². The molecule has 0 unspecified atom stereocenters. The zero-order valence-electron chi connectivity index (χ0n) is 43.5. The van der Waals surface area contributed by atoms with Crippen LogP contribution in [0.2, 0.25) is 0 Å². The van der Waals surface area contributed by atoms with E-state index in [4.69, 9.17) is 23.2 Å². The molecule has 0 bridgehead atoms. The van der Waals surface area contributed by atoms with E-state index in [1.807, 2.05) is 166 Å². The van der Waals surface area contributed by atoms with Gasteiger partial charge in [0.15, 0.2) is 10.1 Å². The van der Waals surface area contributed by atoms with Crippen molar-refractivity contribution in [1.29, 1.82) is 0 Å². The van der Waals surface area contributed by atoms with Crippen molar-refractivity contribution < 1.29 is 76.6 Å². The number of halogens is 3. The van der Waals surface area contributed by atoms with E-state index in [0.717, 1.165) is 59.2 Å². The van der Waals surface area contributed by atoms with E-state index < -0.39 is 15.6 Å². The Balaban J connectivity index is 0.000000334. The van der Waals surface area contributed by atoms with Crippen LogP contribution in [-0.4, -0.2) is 62.8 Å². The van der Waals surface area contributed by atoms with Gasteiger partial charge >= 0.3 is 5.51 Å². The molecule has 2 N–H and O–H groups in total. The number of alkyl halides is 3. The number of aromatic nitrogens is 4. The Morgan fingerprint density at radius 2 is 0.705 bits per heavy atom. The Hall–Kier alpha value is -7.16. The van der Waals surface area contributed by atoms with Gasteiger partial charge in [-0.25, -0.2) is 8.42 Å². The first-order chi connectivity index (χ1) is 36.7. The molecular weight excluding hydrogens is 1370 g/mol. The van der Waals surface area contributed by atoms with Gasteiger partial charge in [0.25, 0.3) is 0 Å². The van der Waals surface area contributed by atoms with Crippen LogP contribution in [0.1, 0.15) is 22.3 Å². The predicted molar refractivity (Wildman–Crippen MR) is 297 cm³/mol. The molecule has 15 heteroatoms. The maximum absolute atomic E-state index is 10.7. The second-order valence-corrected chi connectivity index (χ2v) is 17.4. The topological polar surface area (TPSA) is 149 Å². The molecule has 4 heterocycles. The Morgan fingerprint density at radius 3 is 1.00 bits per heavy atom. The van der Waals surface area contributed by atoms with Gasteiger partial charge < -0.3 is 29.7 Å². The quantitative estimate of drug-likeness (QED) is 0.0942. The smallest absolute Gasteiger partial charge is 0.485 e. The number of benzene rings is 6. The molecule has 0 spiro atoms. The van der Waals surface area contributed by atoms with Gasteiger partial charge in [-0.05, 0) is 84.2 Å². The van der Waals surface area contributed by atoms with Gasteiger partial charge in [0.2, 0.25) is 0 Å². The number of aliphatic hydroxyl groups excluding tert-OH is 2. The molecule has 6 aromatic carbocycles. The van der Waals surface area contributed by atoms with Crippen molar-refractivity contribution in [3.63, 3.8) is 0 Å². The van der Waals surface area contributed by atoms with Crippen molar-refractivity contribution in [2.24, 2.45) is 0 Å². The number of pyridine rings is 4. The van der Waals surface area contributed by atoms with E-state index in [-0.39, 0.29) is 40.2 Å². The fourth-order valence-corrected chi connectivity index (χ4v) is 6.78. The van der Waals surface area contributed by atoms with Crippen molar-refractivity contribution in [2.45, 2.75) is 33.2 Å². The third kappa shape index (κ3) is 22.1. The molecule has 10 aromatic rings. The van der Waals surface area contributed by atoms with Crippen LogP contribution in [0, 0.1) is 45.9 Å². The van der Waals surface area contributed by atoms with Gasteiger partial charge in [-0.3, -0.25) is 4.98 Å². The number of rotatable bonds is 6. The third-order valence-corrected chi connectivity index (χ3v) is 11.1. The zero-order chi connectivity index (χ0) is 55.4. The second-order valence-electron chi connectivity index (χ2n) is 16.0. The standard InChI is InChI=1S/C18H15N.C18H14N.2C12H10N.CHF3O3S.2CH4O.2Ir/c2*1-14-12-18(16-10-6-3-7-11-16)19-13-17(14)15-8-4-2-5-9-15;2*1-10-7-8-12(13-9-10)11-5-3-2-4-6-11;2-1(3,4)8(5,6)7;2*1-2;;/h2-13H,1H3;2-10,12-13H,1H3;2*2-5,7-9H,1H3;(H,5,6,7);2*2H,1H3;;/q;3*-1;;;;;/p-1. The minimum absolute atomic E-state index is 0. The molecular formula is C63H57F3Ir2N4O5S-4. The molecule has 0 saturated heterocycles. The van der Waals surface area contributed by atoms with Crippen LogP contribution in [-0.2, 0) is 50.3 Å². The van der Waals surface area contributed by atoms with Gasteiger partial charge in [-0.1, -0.05) is 121 Å². The molecule has 0 saturated carbocycles. The van der Waals surface area contributed by atoms with Crippen molar-refractivity contribution in [1.82, 2.24) is 19.9 Å². The van der Waals surface area contributed by atoms with Crippen LogP contribution in [0.5, 0.6) is 0 Å². The van der Waals surface area contributed by atoms with Crippen LogP contribution in [0.15, 0.2) is 225 Å². The summed E-state index contributed by atoms with van der Waals surface area (Å²) >= 11 is 0. The molecule has 4 aromatic heterocycles. The van der Waals surface area contributed by atoms with Crippen LogP contribution in [0.3, 0.4) is 0 Å². The van der Waals surface area contributed by atoms with Gasteiger partial charge in [0.05, 0.1) is 5.69 Å². The molecule has 10 rings (SSSR count). The van der Waals surface area contributed by atoms with Crippen LogP contribution in [0.4, 0.5) is 13.2 Å². The SMILES string of the molecule is CO.CO.Cc1cc(-c2[c-]cccc2)ncc1-c1ccccc1.Cc1cc(-c2ccccc2)ncc1-c1ccccc1.Cc1ccc(-c2[c-]cccc2)nc1.Cc1ccc(-c2[c-]cccc2)nc1.O=S(=O)([O-])C(F)(F)F.[Ir].[Ir]. The Bertz CT molecular complexity index is 3120. The summed E-state index contributed by atoms with van der Waals surface area (Å²) in [4.78, 5) is 17.8. The van der Waals surface area contributed by atoms with Crippen molar-refractivity contribution in [2.75, 3.05) is 14.2 Å². The summed E-state index contributed by atoms with van der Waals surface area (Å²) in [6.45, 7) is 8.32. The molecule has 0 fully saturated rings. The predicted octanol–water partition coefficient (Wildman–Crippen LogP) is 14.2. The van der Waals surface area contributed by atoms with Gasteiger partial charge in [-0.2, -0.15) is 13.2 Å². The minimum Gasteiger partial charge on any atom is -0.741 e. The van der Waals surface area contributed by atoms with Gasteiger partial charge in [0, 0.05) is 95.9 Å². The minimum atomic E-state index is -6.09. The average Bonchev–Trinajstić information content (AvgIpc) is 3.47. The summed E-state index contributed by atoms with van der Waals surface area (Å²) in [5.74, 6) is 0. The molecule has 408 valence electrons. The first-order valence-electron chi connectivity index (χ1n) is 23.4. The monoisotopic (exact) mass is 1420 g/mol. The maximum Gasteiger partial charge on any atom is 0.485 e. The maximum atomic E-state index is 10.7. The molecule has 0 aliphatic rings. The van der Waals surface area contributed by atoms with Gasteiger partial charge in [-0.15, -0.1) is 108 Å². The summed E-state index contributed by atoms with van der Waals surface area (Å²) < 4.78 is 58.9. The Labute approximate surface area is 483 Å². The first-order valence-corrected chi connectivity index (χ1v) is 24.8. The third-order valence-electron chi connectivity index (χ3n) is 10.5. The summed E-state index contributed by atoms with van der Waals surface area (Å²) in [5, 5.41) is 14.0. The van der Waals surface area contributed by atoms with Crippen LogP contribution >= 0.6 is 0 Å². The largest absolute Gasteiger partial charge is 0.741 e. The zero-order valence-corrected chi connectivity index (χ0v) is 49.1. The average molecular weight is 1420 g/mol. The Morgan fingerprint density at radius 1 is 0.410 bits per heavy atom. The van der Waals surface area contributed by atoms with Crippen molar-refractivity contribution in [3.05, 3.63) is 265 Å². The summed E-state index contributed by atoms with van der Waals surface area (Å²) in [7, 11) is -4.09. The summed E-state index contributed by atoms with van der Waals surface area (Å²) in [6, 6.07) is 76.5. The van der Waals surface area contributed by atoms with Gasteiger partial charge in [0.1, 0.15) is 0 Å². The van der Waals surface area contributed by atoms with E-state index in [2.05, 4.69) is 125 Å². The number of hydrogen-bond donors (Lipinski definition) is 2. The summed E-state index contributed by atoms with van der Waals surface area (Å²) in [6.07, 6.45) is 7.65. The van der Waals surface area contributed by atoms with Crippen molar-refractivity contribution >= 4 is 10.1 Å². The molecule has 0 amide bonds. The second kappa shape index (κ2) is 35.3. The van der Waals surface area contributed by atoms with E-state index in [9.17, 15) is 13.2 Å². The fourth-order valence-electron chi connectivity index (χ4n) is 6.78. The van der Waals surface area contributed by atoms with E-state index in [1.165, 1.54) is 44.5 Å². The van der Waals surface area contributed by atoms with E-state index in [0.29, 0.717) is 0 Å². The normalized spacial score (nSPS) is 9.95. The van der Waals surface area contributed by atoms with E-state index >= 15 is 0 Å². The molecule has 78 heavy (non-hydrogen) atoms. The number of aryl methyl sites for hydroxylation is 4. The summed E-state index contributed by atoms with van der Waals surface area (Å²) in [5.41, 5.74) is 12.2. The number of hydrogen-bond acceptors (Lipinski definition) is 9. The molecule has 0 aliphatic carbocycles. The Kier molecular flexibility index (Phi) is 30.3. The fraction of sp³-hybridized carbons (Fsp3) is 0.111. The van der Waals surface area contributed by atoms with Crippen LogP contribution in [0.25, 0.3) is 67.3 Å². The number of nitrogens with zero attached hydrogens (tertiary/aromatic N) is 4. The molecule has 2 radical (unpaired) electrons. The van der Waals surface area contributed by atoms with Crippen LogP contribution < -0.4 is 0 Å².